The van der Waals surface area contributed by atoms with Gasteiger partial charge in [-0.15, -0.1) is 16.4 Å². The lowest BCUT2D eigenvalue weighted by atomic mass is 10.1. The molecule has 0 unspecified atom stereocenters. The molecular formula is C18H12ClN5O3S3. The molecule has 0 atom stereocenters. The zero-order chi connectivity index (χ0) is 21.3. The molecule has 1 aliphatic heterocycles. The molecule has 1 aliphatic rings. The van der Waals surface area contributed by atoms with Crippen LogP contribution >= 0.6 is 46.5 Å². The summed E-state index contributed by atoms with van der Waals surface area (Å²) in [6.07, 6.45) is 1.52. The molecule has 12 heteroatoms. The summed E-state index contributed by atoms with van der Waals surface area (Å²) in [4.78, 5) is 47.4. The van der Waals surface area contributed by atoms with Crippen molar-refractivity contribution in [2.45, 2.75) is 16.4 Å². The van der Waals surface area contributed by atoms with Crippen molar-refractivity contribution in [1.29, 1.82) is 0 Å². The lowest BCUT2D eigenvalue weighted by molar-refractivity contribution is -0.122. The molecular weight excluding hydrogens is 466 g/mol. The van der Waals surface area contributed by atoms with E-state index in [2.05, 4.69) is 20.2 Å². The first kappa shape index (κ1) is 20.8. The van der Waals surface area contributed by atoms with Gasteiger partial charge in [-0.05, 0) is 36.5 Å². The highest BCUT2D eigenvalue weighted by Crippen LogP contribution is 2.38. The van der Waals surface area contributed by atoms with Gasteiger partial charge in [0.2, 0.25) is 5.16 Å². The van der Waals surface area contributed by atoms with Crippen LogP contribution in [-0.2, 0) is 4.79 Å². The predicted octanol–water partition coefficient (Wildman–Crippen LogP) is 4.29. The Kier molecular flexibility index (Phi) is 6.04. The smallest absolute Gasteiger partial charge is 0.292 e. The Hall–Kier alpha value is -2.47. The molecule has 4 rings (SSSR count). The van der Waals surface area contributed by atoms with E-state index in [4.69, 9.17) is 11.6 Å². The van der Waals surface area contributed by atoms with Gasteiger partial charge in [-0.1, -0.05) is 41.9 Å². The van der Waals surface area contributed by atoms with Gasteiger partial charge in [0.1, 0.15) is 11.0 Å². The monoisotopic (exact) mass is 477 g/mol. The van der Waals surface area contributed by atoms with Gasteiger partial charge < -0.3 is 0 Å². The number of halogens is 1. The number of Topliss-reactive ketones (excluding diaryl/α,β-unsaturated/α-hetero) is 1. The molecule has 152 valence electrons. The predicted molar refractivity (Wildman–Crippen MR) is 116 cm³/mol. The van der Waals surface area contributed by atoms with E-state index in [-0.39, 0.29) is 22.4 Å². The van der Waals surface area contributed by atoms with Crippen molar-refractivity contribution in [1.82, 2.24) is 25.1 Å². The van der Waals surface area contributed by atoms with Gasteiger partial charge in [0.15, 0.2) is 10.1 Å². The van der Waals surface area contributed by atoms with E-state index < -0.39 is 11.1 Å². The number of carbonyl (C=O) groups is 3. The summed E-state index contributed by atoms with van der Waals surface area (Å²) in [6, 6.07) is 8.52. The van der Waals surface area contributed by atoms with Crippen molar-refractivity contribution in [3.63, 3.8) is 0 Å². The van der Waals surface area contributed by atoms with E-state index in [1.807, 2.05) is 0 Å². The van der Waals surface area contributed by atoms with Crippen molar-refractivity contribution in [3.05, 3.63) is 56.7 Å². The van der Waals surface area contributed by atoms with Gasteiger partial charge in [-0.2, -0.15) is 0 Å². The molecule has 0 saturated carbocycles. The molecule has 30 heavy (non-hydrogen) atoms. The summed E-state index contributed by atoms with van der Waals surface area (Å²) in [7, 11) is 0. The number of carbonyl (C=O) groups excluding carboxylic acids is 3. The number of aromatic nitrogens is 4. The number of nitrogens with zero attached hydrogens (tertiary/aromatic N) is 4. The molecule has 1 fully saturated rings. The van der Waals surface area contributed by atoms with E-state index in [9.17, 15) is 14.4 Å². The van der Waals surface area contributed by atoms with Crippen LogP contribution in [0, 0.1) is 6.92 Å². The minimum atomic E-state index is -0.530. The molecule has 0 radical (unpaired) electrons. The van der Waals surface area contributed by atoms with Crippen LogP contribution in [0.15, 0.2) is 44.7 Å². The Morgan fingerprint density at radius 1 is 1.27 bits per heavy atom. The van der Waals surface area contributed by atoms with Crippen LogP contribution in [0.1, 0.15) is 21.1 Å². The molecule has 0 spiro atoms. The number of aryl methyl sites for hydroxylation is 1. The van der Waals surface area contributed by atoms with Crippen LogP contribution in [0.3, 0.4) is 0 Å². The number of imide groups is 1. The highest BCUT2D eigenvalue weighted by Gasteiger charge is 2.36. The molecule has 1 N–H and O–H groups in total. The van der Waals surface area contributed by atoms with E-state index in [1.54, 1.807) is 37.3 Å². The third kappa shape index (κ3) is 4.48. The van der Waals surface area contributed by atoms with Crippen LogP contribution < -0.4 is 0 Å². The van der Waals surface area contributed by atoms with E-state index in [0.29, 0.717) is 25.8 Å². The SMILES string of the molecule is Cc1nc(Sc2nc(Cl)c(/C=C3\SC(=O)N(CC(=O)c4ccccc4)C3=O)s2)n[nH]1. The third-order valence-corrected chi connectivity index (χ3v) is 7.11. The number of thioether (sulfide) groups is 1. The Morgan fingerprint density at radius 3 is 2.73 bits per heavy atom. The van der Waals surface area contributed by atoms with Gasteiger partial charge in [-0.25, -0.2) is 9.97 Å². The molecule has 8 nitrogen and oxygen atoms in total. The molecule has 2 aromatic heterocycles. The second-order valence-corrected chi connectivity index (χ2v) is 9.59. The summed E-state index contributed by atoms with van der Waals surface area (Å²) in [5, 5.41) is 6.99. The number of benzene rings is 1. The first-order valence-corrected chi connectivity index (χ1v) is 11.3. The maximum atomic E-state index is 12.7. The fourth-order valence-corrected chi connectivity index (χ4v) is 5.60. The normalized spacial score (nSPS) is 15.4. The fraction of sp³-hybridized carbons (Fsp3) is 0.111. The lowest BCUT2D eigenvalue weighted by Gasteiger charge is -2.11. The van der Waals surface area contributed by atoms with Crippen molar-refractivity contribution in [2.75, 3.05) is 6.54 Å². The van der Waals surface area contributed by atoms with Crippen LogP contribution in [0.25, 0.3) is 6.08 Å². The van der Waals surface area contributed by atoms with Crippen LogP contribution in [0.5, 0.6) is 0 Å². The lowest BCUT2D eigenvalue weighted by Crippen LogP contribution is -2.33. The number of hydrogen-bond donors (Lipinski definition) is 1. The topological polar surface area (TPSA) is 109 Å². The van der Waals surface area contributed by atoms with E-state index >= 15 is 0 Å². The summed E-state index contributed by atoms with van der Waals surface area (Å²) >= 11 is 9.46. The fourth-order valence-electron chi connectivity index (χ4n) is 2.49. The first-order valence-electron chi connectivity index (χ1n) is 8.47. The van der Waals surface area contributed by atoms with Gasteiger partial charge in [-0.3, -0.25) is 24.4 Å². The van der Waals surface area contributed by atoms with Crippen molar-refractivity contribution >= 4 is 69.5 Å². The summed E-state index contributed by atoms with van der Waals surface area (Å²) in [5.41, 5.74) is 0.440. The van der Waals surface area contributed by atoms with Gasteiger partial charge in [0.25, 0.3) is 11.1 Å². The van der Waals surface area contributed by atoms with E-state index in [1.165, 1.54) is 29.2 Å². The standard InChI is InChI=1S/C18H12ClN5O3S3/c1-9-20-16(23-22-9)30-17-21-14(19)12(28-17)7-13-15(26)24(18(27)29-13)8-11(25)10-5-3-2-4-6-10/h2-7H,8H2,1H3,(H,20,22,23)/b13-7-. The van der Waals surface area contributed by atoms with Crippen LogP contribution in [0.4, 0.5) is 4.79 Å². The Balaban J connectivity index is 1.50. The van der Waals surface area contributed by atoms with Crippen LogP contribution in [-0.4, -0.2) is 48.5 Å². The van der Waals surface area contributed by atoms with Crippen LogP contribution in [0.2, 0.25) is 5.15 Å². The maximum absolute atomic E-state index is 12.7. The van der Waals surface area contributed by atoms with E-state index in [0.717, 1.165) is 16.7 Å². The second kappa shape index (κ2) is 8.72. The Labute approximate surface area is 188 Å². The number of amides is 2. The molecule has 2 amide bonds. The number of ketones is 1. The number of nitrogens with one attached hydrogen (secondary N) is 1. The number of aromatic amines is 1. The zero-order valence-corrected chi connectivity index (χ0v) is 18.5. The van der Waals surface area contributed by atoms with Gasteiger partial charge in [0.05, 0.1) is 16.3 Å². The largest absolute Gasteiger partial charge is 0.293 e. The molecule has 0 aliphatic carbocycles. The Morgan fingerprint density at radius 2 is 2.03 bits per heavy atom. The number of thiazole rings is 1. The number of rotatable bonds is 6. The Bertz CT molecular complexity index is 1170. The number of hydrogen-bond acceptors (Lipinski definition) is 9. The molecule has 0 bridgehead atoms. The highest BCUT2D eigenvalue weighted by atomic mass is 35.5. The first-order chi connectivity index (χ1) is 14.4. The van der Waals surface area contributed by atoms with Gasteiger partial charge in [0, 0.05) is 5.56 Å². The van der Waals surface area contributed by atoms with Crippen molar-refractivity contribution in [3.8, 4) is 0 Å². The van der Waals surface area contributed by atoms with Crippen molar-refractivity contribution < 1.29 is 14.4 Å². The van der Waals surface area contributed by atoms with Crippen molar-refractivity contribution in [2.24, 2.45) is 0 Å². The molecule has 3 heterocycles. The highest BCUT2D eigenvalue weighted by molar-refractivity contribution is 8.18. The minimum absolute atomic E-state index is 0.191. The molecule has 1 aromatic carbocycles. The third-order valence-electron chi connectivity index (χ3n) is 3.88. The molecule has 3 aromatic rings. The average molecular weight is 478 g/mol. The second-order valence-electron chi connectivity index (χ2n) is 6.00. The summed E-state index contributed by atoms with van der Waals surface area (Å²) < 4.78 is 0.601. The molecule has 1 saturated heterocycles. The summed E-state index contributed by atoms with van der Waals surface area (Å²) in [5.74, 6) is -0.160. The van der Waals surface area contributed by atoms with Gasteiger partial charge >= 0.3 is 0 Å². The summed E-state index contributed by atoms with van der Waals surface area (Å²) in [6.45, 7) is 1.48. The minimum Gasteiger partial charge on any atom is -0.292 e. The average Bonchev–Trinajstić information content (AvgIpc) is 3.37. The quantitative estimate of drug-likeness (QED) is 0.413. The maximum Gasteiger partial charge on any atom is 0.293 e. The zero-order valence-electron chi connectivity index (χ0n) is 15.3. The number of H-pyrrole nitrogens is 1.